The van der Waals surface area contributed by atoms with Gasteiger partial charge in [0.05, 0.1) is 0 Å². The van der Waals surface area contributed by atoms with E-state index in [1.54, 1.807) is 4.90 Å². The summed E-state index contributed by atoms with van der Waals surface area (Å²) in [5.41, 5.74) is 4.58. The average molecular weight is 295 g/mol. The minimum absolute atomic E-state index is 0.130. The van der Waals surface area contributed by atoms with E-state index in [9.17, 15) is 14.4 Å². The summed E-state index contributed by atoms with van der Waals surface area (Å²) in [5.74, 6) is -0.502. The third-order valence-electron chi connectivity index (χ3n) is 4.59. The van der Waals surface area contributed by atoms with Crippen LogP contribution in [0, 0.1) is 0 Å². The average Bonchev–Trinajstić information content (AvgIpc) is 2.82. The topological polar surface area (TPSA) is 92.5 Å². The molecule has 0 aromatic rings. The monoisotopic (exact) mass is 295 g/mol. The summed E-state index contributed by atoms with van der Waals surface area (Å²) >= 11 is 0. The number of hydrogen-bond donors (Lipinski definition) is 2. The normalized spacial score (nSPS) is 21.9. The van der Waals surface area contributed by atoms with Crippen molar-refractivity contribution in [3.05, 3.63) is 0 Å². The lowest BCUT2D eigenvalue weighted by Gasteiger charge is -2.27. The first-order valence-corrected chi connectivity index (χ1v) is 7.92. The molecule has 0 atom stereocenters. The second-order valence-electron chi connectivity index (χ2n) is 6.14. The molecule has 21 heavy (non-hydrogen) atoms. The summed E-state index contributed by atoms with van der Waals surface area (Å²) in [4.78, 5) is 37.3. The van der Waals surface area contributed by atoms with E-state index in [4.69, 9.17) is 5.73 Å². The molecule has 118 valence electrons. The van der Waals surface area contributed by atoms with Crippen molar-refractivity contribution >= 4 is 17.7 Å². The van der Waals surface area contributed by atoms with Crippen LogP contribution < -0.4 is 11.1 Å². The van der Waals surface area contributed by atoms with Gasteiger partial charge in [0.2, 0.25) is 17.7 Å². The molecular formula is C15H25N3O3. The molecule has 1 aliphatic carbocycles. The van der Waals surface area contributed by atoms with Crippen LogP contribution in [0.3, 0.4) is 0 Å². The van der Waals surface area contributed by atoms with Crippen molar-refractivity contribution in [2.45, 2.75) is 63.3 Å². The molecule has 3 amide bonds. The SMILES string of the molecule is NC(=O)C1(NC(=O)CCN2CCCCCC2=O)CCCC1. The van der Waals surface area contributed by atoms with E-state index in [0.717, 1.165) is 38.6 Å². The van der Waals surface area contributed by atoms with Crippen LogP contribution in [0.25, 0.3) is 0 Å². The standard InChI is InChI=1S/C15H25N3O3/c16-14(21)15(8-3-4-9-15)17-12(19)7-11-18-10-5-1-2-6-13(18)20/h1-11H2,(H2,16,21)(H,17,19). The lowest BCUT2D eigenvalue weighted by molar-refractivity contribution is -0.133. The van der Waals surface area contributed by atoms with Crippen molar-refractivity contribution < 1.29 is 14.4 Å². The predicted octanol–water partition coefficient (Wildman–Crippen LogP) is 0.693. The number of carbonyl (C=O) groups excluding carboxylic acids is 3. The molecule has 0 spiro atoms. The van der Waals surface area contributed by atoms with Crippen LogP contribution in [0.15, 0.2) is 0 Å². The summed E-state index contributed by atoms with van der Waals surface area (Å²) in [5, 5.41) is 2.81. The molecule has 0 aromatic heterocycles. The lowest BCUT2D eigenvalue weighted by atomic mass is 9.96. The number of nitrogens with two attached hydrogens (primary N) is 1. The fourth-order valence-corrected chi connectivity index (χ4v) is 3.25. The molecule has 1 aliphatic heterocycles. The molecular weight excluding hydrogens is 270 g/mol. The van der Waals surface area contributed by atoms with Gasteiger partial charge in [-0.3, -0.25) is 14.4 Å². The summed E-state index contributed by atoms with van der Waals surface area (Å²) in [7, 11) is 0. The van der Waals surface area contributed by atoms with Crippen LogP contribution in [-0.2, 0) is 14.4 Å². The van der Waals surface area contributed by atoms with Crippen LogP contribution >= 0.6 is 0 Å². The van der Waals surface area contributed by atoms with Gasteiger partial charge in [0.25, 0.3) is 0 Å². The van der Waals surface area contributed by atoms with Crippen molar-refractivity contribution in [3.8, 4) is 0 Å². The molecule has 0 bridgehead atoms. The number of nitrogens with zero attached hydrogens (tertiary/aromatic N) is 1. The van der Waals surface area contributed by atoms with Gasteiger partial charge in [0, 0.05) is 25.9 Å². The summed E-state index contributed by atoms with van der Waals surface area (Å²) in [6.45, 7) is 1.16. The Balaban J connectivity index is 1.84. The zero-order chi connectivity index (χ0) is 15.3. The largest absolute Gasteiger partial charge is 0.368 e. The predicted molar refractivity (Wildman–Crippen MR) is 78.2 cm³/mol. The zero-order valence-corrected chi connectivity index (χ0v) is 12.5. The van der Waals surface area contributed by atoms with Gasteiger partial charge in [-0.05, 0) is 25.7 Å². The van der Waals surface area contributed by atoms with E-state index in [1.807, 2.05) is 0 Å². The number of carbonyl (C=O) groups is 3. The quantitative estimate of drug-likeness (QED) is 0.781. The Hall–Kier alpha value is -1.59. The minimum atomic E-state index is -0.861. The van der Waals surface area contributed by atoms with Crippen molar-refractivity contribution in [1.29, 1.82) is 0 Å². The Morgan fingerprint density at radius 2 is 1.86 bits per heavy atom. The Bertz CT molecular complexity index is 416. The lowest BCUT2D eigenvalue weighted by Crippen LogP contribution is -2.56. The molecule has 3 N–H and O–H groups in total. The van der Waals surface area contributed by atoms with Gasteiger partial charge in [-0.2, -0.15) is 0 Å². The van der Waals surface area contributed by atoms with E-state index in [0.29, 0.717) is 25.8 Å². The van der Waals surface area contributed by atoms with E-state index in [1.165, 1.54) is 0 Å². The maximum atomic E-state index is 12.1. The molecule has 1 saturated carbocycles. The number of nitrogens with one attached hydrogen (secondary N) is 1. The number of rotatable bonds is 5. The van der Waals surface area contributed by atoms with Crippen LogP contribution in [0.5, 0.6) is 0 Å². The first-order chi connectivity index (χ1) is 10.0. The second-order valence-corrected chi connectivity index (χ2v) is 6.14. The highest BCUT2D eigenvalue weighted by Crippen LogP contribution is 2.29. The molecule has 2 fully saturated rings. The minimum Gasteiger partial charge on any atom is -0.368 e. The molecule has 6 nitrogen and oxygen atoms in total. The Morgan fingerprint density at radius 3 is 2.52 bits per heavy atom. The van der Waals surface area contributed by atoms with Gasteiger partial charge in [-0.25, -0.2) is 0 Å². The summed E-state index contributed by atoms with van der Waals surface area (Å²) in [6, 6.07) is 0. The Labute approximate surface area is 125 Å². The highest BCUT2D eigenvalue weighted by Gasteiger charge is 2.40. The van der Waals surface area contributed by atoms with Gasteiger partial charge in [0.15, 0.2) is 0 Å². The Morgan fingerprint density at radius 1 is 1.14 bits per heavy atom. The van der Waals surface area contributed by atoms with Crippen molar-refractivity contribution in [3.63, 3.8) is 0 Å². The zero-order valence-electron chi connectivity index (χ0n) is 12.5. The van der Waals surface area contributed by atoms with E-state index in [-0.39, 0.29) is 18.2 Å². The molecule has 1 heterocycles. The molecule has 2 aliphatic rings. The fraction of sp³-hybridized carbons (Fsp3) is 0.800. The number of amides is 3. The highest BCUT2D eigenvalue weighted by molar-refractivity contribution is 5.90. The first kappa shape index (κ1) is 15.8. The van der Waals surface area contributed by atoms with Gasteiger partial charge >= 0.3 is 0 Å². The van der Waals surface area contributed by atoms with Crippen molar-refractivity contribution in [1.82, 2.24) is 10.2 Å². The molecule has 0 radical (unpaired) electrons. The van der Waals surface area contributed by atoms with Crippen LogP contribution in [0.1, 0.15) is 57.8 Å². The van der Waals surface area contributed by atoms with Crippen LogP contribution in [-0.4, -0.2) is 41.2 Å². The van der Waals surface area contributed by atoms with Crippen molar-refractivity contribution in [2.24, 2.45) is 5.73 Å². The summed E-state index contributed by atoms with van der Waals surface area (Å²) in [6.07, 6.45) is 6.88. The highest BCUT2D eigenvalue weighted by atomic mass is 16.2. The molecule has 1 saturated heterocycles. The molecule has 6 heteroatoms. The van der Waals surface area contributed by atoms with E-state index in [2.05, 4.69) is 5.32 Å². The Kier molecular flexibility index (Phi) is 5.20. The number of likely N-dealkylation sites (tertiary alicyclic amines) is 1. The maximum absolute atomic E-state index is 12.1. The molecule has 0 unspecified atom stereocenters. The van der Waals surface area contributed by atoms with Gasteiger partial charge in [0.1, 0.15) is 5.54 Å². The van der Waals surface area contributed by atoms with Crippen LogP contribution in [0.2, 0.25) is 0 Å². The van der Waals surface area contributed by atoms with E-state index >= 15 is 0 Å². The first-order valence-electron chi connectivity index (χ1n) is 7.92. The van der Waals surface area contributed by atoms with E-state index < -0.39 is 11.4 Å². The molecule has 0 aromatic carbocycles. The summed E-state index contributed by atoms with van der Waals surface area (Å²) < 4.78 is 0. The van der Waals surface area contributed by atoms with Gasteiger partial charge < -0.3 is 16.0 Å². The fourth-order valence-electron chi connectivity index (χ4n) is 3.25. The molecule has 2 rings (SSSR count). The maximum Gasteiger partial charge on any atom is 0.243 e. The van der Waals surface area contributed by atoms with Crippen molar-refractivity contribution in [2.75, 3.05) is 13.1 Å². The number of primary amides is 1. The number of hydrogen-bond acceptors (Lipinski definition) is 3. The van der Waals surface area contributed by atoms with Crippen LogP contribution in [0.4, 0.5) is 0 Å². The third-order valence-corrected chi connectivity index (χ3v) is 4.59. The third kappa shape index (κ3) is 3.95. The van der Waals surface area contributed by atoms with Gasteiger partial charge in [-0.15, -0.1) is 0 Å². The second kappa shape index (κ2) is 6.91. The van der Waals surface area contributed by atoms with Gasteiger partial charge in [-0.1, -0.05) is 19.3 Å². The smallest absolute Gasteiger partial charge is 0.243 e.